The van der Waals surface area contributed by atoms with Gasteiger partial charge in [-0.05, 0) is 49.1 Å². The van der Waals surface area contributed by atoms with Gasteiger partial charge in [-0.15, -0.1) is 11.3 Å². The Morgan fingerprint density at radius 2 is 1.87 bits per heavy atom. The Morgan fingerprint density at radius 1 is 1.16 bits per heavy atom. The second-order valence-electron chi connectivity index (χ2n) is 7.67. The number of carbonyl (C=O) groups excluding carboxylic acids is 1. The number of anilines is 1. The maximum absolute atomic E-state index is 13.1. The van der Waals surface area contributed by atoms with Gasteiger partial charge < -0.3 is 10.2 Å². The number of carbonyl (C=O) groups is 1. The maximum Gasteiger partial charge on any atom is 0.243 e. The number of hydrogen-bond donors (Lipinski definition) is 1. The third-order valence-electron chi connectivity index (χ3n) is 5.72. The molecule has 1 amide bonds. The summed E-state index contributed by atoms with van der Waals surface area (Å²) in [5.74, 6) is -0.617. The van der Waals surface area contributed by atoms with Crippen LogP contribution in [0.15, 0.2) is 29.2 Å². The molecule has 0 bridgehead atoms. The normalized spacial score (nSPS) is 17.3. The summed E-state index contributed by atoms with van der Waals surface area (Å²) >= 11 is 1.50. The summed E-state index contributed by atoms with van der Waals surface area (Å²) in [7, 11) is -3.65. The molecule has 10 heteroatoms. The van der Waals surface area contributed by atoms with Crippen LogP contribution in [0, 0.1) is 17.1 Å². The summed E-state index contributed by atoms with van der Waals surface area (Å²) in [6.07, 6.45) is 3.20. The molecule has 2 heterocycles. The van der Waals surface area contributed by atoms with Gasteiger partial charge in [-0.25, -0.2) is 12.8 Å². The molecule has 1 fully saturated rings. The number of amides is 1. The van der Waals surface area contributed by atoms with E-state index in [-0.39, 0.29) is 17.2 Å². The van der Waals surface area contributed by atoms with Gasteiger partial charge in [-0.2, -0.15) is 9.57 Å². The van der Waals surface area contributed by atoms with E-state index in [1.807, 2.05) is 0 Å². The summed E-state index contributed by atoms with van der Waals surface area (Å²) in [5, 5.41) is 13.0. The molecule has 2 aromatic rings. The van der Waals surface area contributed by atoms with Crippen LogP contribution in [0.4, 0.5) is 9.39 Å². The van der Waals surface area contributed by atoms with Crippen molar-refractivity contribution in [3.63, 3.8) is 0 Å². The number of thiophene rings is 1. The predicted octanol–water partition coefficient (Wildman–Crippen LogP) is 2.58. The van der Waals surface area contributed by atoms with Gasteiger partial charge in [0.2, 0.25) is 15.9 Å². The van der Waals surface area contributed by atoms with Crippen molar-refractivity contribution in [2.75, 3.05) is 38.0 Å². The molecule has 1 aliphatic heterocycles. The highest BCUT2D eigenvalue weighted by Gasteiger charge is 2.29. The minimum atomic E-state index is -3.65. The van der Waals surface area contributed by atoms with Crippen LogP contribution in [0.25, 0.3) is 0 Å². The van der Waals surface area contributed by atoms with Gasteiger partial charge in [0.25, 0.3) is 0 Å². The second kappa shape index (κ2) is 9.04. The van der Waals surface area contributed by atoms with E-state index in [0.29, 0.717) is 43.3 Å². The number of sulfonamides is 1. The SMILES string of the molecule is N#Cc1c(NC(=O)CCN2CCN(S(=O)(=O)c3ccc(F)cc3)CC2)sc2c1CCC2. The Balaban J connectivity index is 1.27. The van der Waals surface area contributed by atoms with Crippen molar-refractivity contribution < 1.29 is 17.6 Å². The van der Waals surface area contributed by atoms with E-state index in [1.165, 1.54) is 32.7 Å². The van der Waals surface area contributed by atoms with Crippen LogP contribution in [0.3, 0.4) is 0 Å². The van der Waals surface area contributed by atoms with Gasteiger partial charge in [0.15, 0.2) is 0 Å². The van der Waals surface area contributed by atoms with Gasteiger partial charge in [0.05, 0.1) is 10.5 Å². The minimum absolute atomic E-state index is 0.0814. The number of piperazine rings is 1. The van der Waals surface area contributed by atoms with Crippen molar-refractivity contribution in [2.24, 2.45) is 0 Å². The van der Waals surface area contributed by atoms with Crippen molar-refractivity contribution in [1.29, 1.82) is 5.26 Å². The Kier molecular flexibility index (Phi) is 6.39. The van der Waals surface area contributed by atoms with Crippen molar-refractivity contribution in [3.05, 3.63) is 46.1 Å². The monoisotopic (exact) mass is 462 g/mol. The third kappa shape index (κ3) is 4.65. The molecule has 7 nitrogen and oxygen atoms in total. The number of aryl methyl sites for hydroxylation is 1. The van der Waals surface area contributed by atoms with Crippen LogP contribution < -0.4 is 5.32 Å². The standard InChI is InChI=1S/C21H23FN4O3S2/c22-15-4-6-16(7-5-15)31(28,29)26-12-10-25(11-13-26)9-8-20(27)24-21-18(14-23)17-2-1-3-19(17)30-21/h4-7H,1-3,8-13H2,(H,24,27). The number of hydrogen-bond acceptors (Lipinski definition) is 6. The van der Waals surface area contributed by atoms with Crippen molar-refractivity contribution in [1.82, 2.24) is 9.21 Å². The summed E-state index contributed by atoms with van der Waals surface area (Å²) in [6.45, 7) is 2.19. The minimum Gasteiger partial charge on any atom is -0.317 e. The van der Waals surface area contributed by atoms with Gasteiger partial charge in [0.1, 0.15) is 16.9 Å². The Bertz CT molecular complexity index is 1110. The van der Waals surface area contributed by atoms with E-state index < -0.39 is 15.8 Å². The number of halogens is 1. The predicted molar refractivity (Wildman–Crippen MR) is 116 cm³/mol. The summed E-state index contributed by atoms with van der Waals surface area (Å²) in [6, 6.07) is 7.06. The molecular weight excluding hydrogens is 439 g/mol. The highest BCUT2D eigenvalue weighted by Crippen LogP contribution is 2.38. The lowest BCUT2D eigenvalue weighted by Crippen LogP contribution is -2.49. The average molecular weight is 463 g/mol. The quantitative estimate of drug-likeness (QED) is 0.712. The largest absolute Gasteiger partial charge is 0.317 e. The molecule has 4 rings (SSSR count). The number of nitrogens with zero attached hydrogens (tertiary/aromatic N) is 3. The highest BCUT2D eigenvalue weighted by molar-refractivity contribution is 7.89. The highest BCUT2D eigenvalue weighted by atomic mass is 32.2. The van der Waals surface area contributed by atoms with Gasteiger partial charge in [-0.3, -0.25) is 4.79 Å². The van der Waals surface area contributed by atoms with Crippen LogP contribution >= 0.6 is 11.3 Å². The molecule has 1 aromatic carbocycles. The van der Waals surface area contributed by atoms with E-state index in [9.17, 15) is 22.9 Å². The van der Waals surface area contributed by atoms with Crippen molar-refractivity contribution >= 4 is 32.3 Å². The Hall–Kier alpha value is -2.32. The Morgan fingerprint density at radius 3 is 2.55 bits per heavy atom. The lowest BCUT2D eigenvalue weighted by Gasteiger charge is -2.33. The summed E-state index contributed by atoms with van der Waals surface area (Å²) in [5.41, 5.74) is 1.69. The van der Waals surface area contributed by atoms with Crippen LogP contribution in [-0.4, -0.2) is 56.3 Å². The fourth-order valence-electron chi connectivity index (χ4n) is 4.01. The molecule has 1 saturated heterocycles. The molecule has 0 radical (unpaired) electrons. The number of rotatable bonds is 6. The third-order valence-corrected chi connectivity index (χ3v) is 8.84. The topological polar surface area (TPSA) is 93.5 Å². The number of benzene rings is 1. The molecule has 1 aliphatic carbocycles. The van der Waals surface area contributed by atoms with Crippen LogP contribution in [0.1, 0.15) is 28.8 Å². The molecule has 2 aliphatic rings. The Labute approximate surface area is 185 Å². The molecule has 1 aromatic heterocycles. The zero-order chi connectivity index (χ0) is 22.0. The molecule has 1 N–H and O–H groups in total. The van der Waals surface area contributed by atoms with E-state index in [0.717, 1.165) is 37.0 Å². The van der Waals surface area contributed by atoms with Crippen LogP contribution in [0.2, 0.25) is 0 Å². The molecule has 0 spiro atoms. The zero-order valence-electron chi connectivity index (χ0n) is 16.9. The molecule has 31 heavy (non-hydrogen) atoms. The first-order valence-electron chi connectivity index (χ1n) is 10.2. The average Bonchev–Trinajstić information content (AvgIpc) is 3.33. The van der Waals surface area contributed by atoms with E-state index in [4.69, 9.17) is 0 Å². The first kappa shape index (κ1) is 21.9. The molecular formula is C21H23FN4O3S2. The molecule has 0 atom stereocenters. The van der Waals surface area contributed by atoms with Crippen molar-refractivity contribution in [3.8, 4) is 6.07 Å². The van der Waals surface area contributed by atoms with Gasteiger partial charge in [0, 0.05) is 44.0 Å². The van der Waals surface area contributed by atoms with Gasteiger partial charge in [-0.1, -0.05) is 0 Å². The van der Waals surface area contributed by atoms with Crippen molar-refractivity contribution in [2.45, 2.75) is 30.6 Å². The van der Waals surface area contributed by atoms with E-state index >= 15 is 0 Å². The van der Waals surface area contributed by atoms with E-state index in [1.54, 1.807) is 0 Å². The summed E-state index contributed by atoms with van der Waals surface area (Å²) < 4.78 is 39.8. The van der Waals surface area contributed by atoms with Crippen LogP contribution in [0.5, 0.6) is 0 Å². The fourth-order valence-corrected chi connectivity index (χ4v) is 6.69. The fraction of sp³-hybridized carbons (Fsp3) is 0.429. The first-order chi connectivity index (χ1) is 14.9. The van der Waals surface area contributed by atoms with Gasteiger partial charge >= 0.3 is 0 Å². The smallest absolute Gasteiger partial charge is 0.243 e. The lowest BCUT2D eigenvalue weighted by atomic mass is 10.1. The van der Waals surface area contributed by atoms with E-state index in [2.05, 4.69) is 16.3 Å². The summed E-state index contributed by atoms with van der Waals surface area (Å²) in [4.78, 5) is 15.7. The van der Waals surface area contributed by atoms with Crippen LogP contribution in [-0.2, 0) is 27.7 Å². The number of nitrogens with one attached hydrogen (secondary N) is 1. The maximum atomic E-state index is 13.1. The first-order valence-corrected chi connectivity index (χ1v) is 12.5. The molecule has 0 saturated carbocycles. The zero-order valence-corrected chi connectivity index (χ0v) is 18.6. The number of fused-ring (bicyclic) bond motifs is 1. The second-order valence-corrected chi connectivity index (χ2v) is 10.7. The number of nitriles is 1. The lowest BCUT2D eigenvalue weighted by molar-refractivity contribution is -0.116. The molecule has 0 unspecified atom stereocenters. The molecule has 164 valence electrons.